The van der Waals surface area contributed by atoms with Gasteiger partial charge in [-0.05, 0) is 82.5 Å². The Bertz CT molecular complexity index is 2490. The molecule has 2 heterocycles. The molecule has 0 saturated heterocycles. The largest absolute Gasteiger partial charge is 0.478 e. The maximum Gasteiger partial charge on any atom is 0.336 e. The van der Waals surface area contributed by atoms with Crippen LogP contribution in [-0.4, -0.2) is 36.3 Å². The lowest BCUT2D eigenvalue weighted by Crippen LogP contribution is -2.39. The first-order valence-corrected chi connectivity index (χ1v) is 18.8. The summed E-state index contributed by atoms with van der Waals surface area (Å²) in [6.07, 6.45) is 2.90. The summed E-state index contributed by atoms with van der Waals surface area (Å²) in [4.78, 5) is 19.3. The first kappa shape index (κ1) is 35.3. The van der Waals surface area contributed by atoms with Gasteiger partial charge in [0.2, 0.25) is 5.82 Å². The van der Waals surface area contributed by atoms with Gasteiger partial charge in [0.15, 0.2) is 5.54 Å². The smallest absolute Gasteiger partial charge is 0.336 e. The first-order valence-electron chi connectivity index (χ1n) is 18.8. The molecule has 7 nitrogen and oxygen atoms in total. The number of hydrogen-bond donors (Lipinski definition) is 1. The summed E-state index contributed by atoms with van der Waals surface area (Å²) in [5.41, 5.74) is 10.1. The Balaban J connectivity index is 1.13. The minimum Gasteiger partial charge on any atom is -0.478 e. The van der Waals surface area contributed by atoms with Crippen LogP contribution in [0.25, 0.3) is 33.4 Å². The molecule has 0 spiro atoms. The molecule has 8 aromatic rings. The van der Waals surface area contributed by atoms with Crippen molar-refractivity contribution >= 4 is 16.9 Å². The quantitative estimate of drug-likeness (QED) is 0.126. The van der Waals surface area contributed by atoms with Gasteiger partial charge in [0.1, 0.15) is 0 Å². The van der Waals surface area contributed by atoms with Gasteiger partial charge >= 0.3 is 5.97 Å². The van der Waals surface area contributed by atoms with Crippen LogP contribution in [0.3, 0.4) is 0 Å². The molecule has 0 aliphatic rings. The average molecular weight is 720 g/mol. The molecule has 0 atom stereocenters. The van der Waals surface area contributed by atoms with E-state index in [2.05, 4.69) is 73.7 Å². The molecular weight excluding hydrogens is 679 g/mol. The fraction of sp³-hybridized carbons (Fsp3) is 0.146. The van der Waals surface area contributed by atoms with Crippen LogP contribution in [0.15, 0.2) is 158 Å². The highest BCUT2D eigenvalue weighted by molar-refractivity contribution is 6.04. The third-order valence-electron chi connectivity index (χ3n) is 10.4. The van der Waals surface area contributed by atoms with Crippen LogP contribution in [-0.2, 0) is 24.8 Å². The Morgan fingerprint density at radius 2 is 1.25 bits per heavy atom. The van der Waals surface area contributed by atoms with Crippen LogP contribution in [0.4, 0.5) is 0 Å². The van der Waals surface area contributed by atoms with Crippen LogP contribution in [0.5, 0.6) is 0 Å². The molecule has 0 amide bonds. The standard InChI is InChI=1S/C48H41N5O2/c1-3-15-41-43(49-44-30-24-33(2)32-42(44)45(41)47(54)55)31-27-34-25-28-35(29-26-34)39-22-13-14-23-40(39)46-50-52-53(51-46)48(36-16-7-4-8-17-36,37-18-9-5-10-19-37)38-20-11-6-12-21-38/h4-14,16-26,28-30,32H,3,15,27,31H2,1-2H3,(H,54,55). The molecule has 1 N–H and O–H groups in total. The molecule has 0 unspecified atom stereocenters. The first-order chi connectivity index (χ1) is 27.0. The predicted molar refractivity (Wildman–Crippen MR) is 218 cm³/mol. The fourth-order valence-corrected chi connectivity index (χ4v) is 7.83. The van der Waals surface area contributed by atoms with Crippen LogP contribution < -0.4 is 0 Å². The highest BCUT2D eigenvalue weighted by atomic mass is 16.4. The van der Waals surface area contributed by atoms with Gasteiger partial charge < -0.3 is 5.11 Å². The number of pyridine rings is 1. The number of carboxylic acids is 1. The van der Waals surface area contributed by atoms with Gasteiger partial charge in [-0.25, -0.2) is 4.79 Å². The molecule has 0 radical (unpaired) electrons. The van der Waals surface area contributed by atoms with Crippen molar-refractivity contribution in [2.24, 2.45) is 0 Å². The second-order valence-corrected chi connectivity index (χ2v) is 13.9. The SMILES string of the molecule is CCCc1c(CCc2ccc(-c3ccccc3-c3nnn(C(c4ccccc4)(c4ccccc4)c4ccccc4)n3)cc2)nc2ccc(C)cc2c1C(=O)O. The van der Waals surface area contributed by atoms with E-state index in [1.807, 2.05) is 97.9 Å². The van der Waals surface area contributed by atoms with E-state index in [9.17, 15) is 9.90 Å². The van der Waals surface area contributed by atoms with E-state index >= 15 is 0 Å². The number of aryl methyl sites for hydroxylation is 3. The Hall–Kier alpha value is -6.73. The topological polar surface area (TPSA) is 93.8 Å². The molecule has 0 saturated carbocycles. The summed E-state index contributed by atoms with van der Waals surface area (Å²) in [5, 5.41) is 25.7. The molecule has 2 aromatic heterocycles. The van der Waals surface area contributed by atoms with Gasteiger partial charge in [-0.2, -0.15) is 0 Å². The molecule has 8 rings (SSSR count). The van der Waals surface area contributed by atoms with Gasteiger partial charge in [0.25, 0.3) is 0 Å². The van der Waals surface area contributed by atoms with Crippen LogP contribution in [0, 0.1) is 6.92 Å². The Morgan fingerprint density at radius 1 is 0.673 bits per heavy atom. The van der Waals surface area contributed by atoms with E-state index in [0.29, 0.717) is 29.6 Å². The molecular formula is C48H41N5O2. The van der Waals surface area contributed by atoms with Crippen molar-refractivity contribution in [3.63, 3.8) is 0 Å². The number of aromatic carboxylic acids is 1. The molecule has 0 aliphatic carbocycles. The number of carboxylic acid groups (broad SMARTS) is 1. The molecule has 270 valence electrons. The normalized spacial score (nSPS) is 11.5. The van der Waals surface area contributed by atoms with E-state index in [4.69, 9.17) is 20.4 Å². The van der Waals surface area contributed by atoms with Crippen molar-refractivity contribution in [3.8, 4) is 22.5 Å². The van der Waals surface area contributed by atoms with Gasteiger partial charge in [-0.15, -0.1) is 15.0 Å². The van der Waals surface area contributed by atoms with Crippen molar-refractivity contribution in [2.45, 2.75) is 45.1 Å². The molecule has 55 heavy (non-hydrogen) atoms. The summed E-state index contributed by atoms with van der Waals surface area (Å²) in [7, 11) is 0. The summed E-state index contributed by atoms with van der Waals surface area (Å²) in [5.74, 6) is -0.367. The second kappa shape index (κ2) is 15.3. The number of fused-ring (bicyclic) bond motifs is 1. The third-order valence-corrected chi connectivity index (χ3v) is 10.4. The average Bonchev–Trinajstić information content (AvgIpc) is 3.72. The van der Waals surface area contributed by atoms with Crippen LogP contribution >= 0.6 is 0 Å². The summed E-state index contributed by atoms with van der Waals surface area (Å²) in [6.45, 7) is 4.06. The lowest BCUT2D eigenvalue weighted by atomic mass is 9.77. The number of rotatable bonds is 12. The predicted octanol–water partition coefficient (Wildman–Crippen LogP) is 10.1. The number of carbonyl (C=O) groups is 1. The zero-order valence-electron chi connectivity index (χ0n) is 30.9. The highest BCUT2D eigenvalue weighted by Crippen LogP contribution is 2.40. The summed E-state index contributed by atoms with van der Waals surface area (Å²) >= 11 is 0. The summed E-state index contributed by atoms with van der Waals surface area (Å²) in [6, 6.07) is 53.6. The maximum atomic E-state index is 12.6. The Morgan fingerprint density at radius 3 is 1.84 bits per heavy atom. The Labute approximate surface area is 321 Å². The lowest BCUT2D eigenvalue weighted by molar-refractivity contribution is 0.0697. The van der Waals surface area contributed by atoms with Crippen molar-refractivity contribution in [1.82, 2.24) is 25.2 Å². The number of aromatic nitrogens is 5. The van der Waals surface area contributed by atoms with E-state index in [1.54, 1.807) is 4.80 Å². The van der Waals surface area contributed by atoms with Gasteiger partial charge in [-0.1, -0.05) is 165 Å². The van der Waals surface area contributed by atoms with E-state index in [1.165, 1.54) is 0 Å². The number of tetrazole rings is 1. The molecule has 0 fully saturated rings. The molecule has 7 heteroatoms. The maximum absolute atomic E-state index is 12.6. The fourth-order valence-electron chi connectivity index (χ4n) is 7.83. The monoisotopic (exact) mass is 719 g/mol. The zero-order valence-corrected chi connectivity index (χ0v) is 30.9. The minimum absolute atomic E-state index is 0.386. The summed E-state index contributed by atoms with van der Waals surface area (Å²) < 4.78 is 0. The van der Waals surface area contributed by atoms with Crippen molar-refractivity contribution in [1.29, 1.82) is 0 Å². The van der Waals surface area contributed by atoms with Crippen LogP contribution in [0.1, 0.15) is 62.8 Å². The van der Waals surface area contributed by atoms with E-state index in [0.717, 1.165) is 74.1 Å². The highest BCUT2D eigenvalue weighted by Gasteiger charge is 2.41. The zero-order chi connectivity index (χ0) is 37.8. The third kappa shape index (κ3) is 6.70. The minimum atomic E-state index is -0.897. The lowest BCUT2D eigenvalue weighted by Gasteiger charge is -2.34. The van der Waals surface area contributed by atoms with Crippen LogP contribution in [0.2, 0.25) is 0 Å². The van der Waals surface area contributed by atoms with Crippen molar-refractivity contribution in [3.05, 3.63) is 202 Å². The molecule has 0 aliphatic heterocycles. The van der Waals surface area contributed by atoms with Gasteiger partial charge in [-0.3, -0.25) is 4.98 Å². The Kier molecular flexibility index (Phi) is 9.84. The molecule has 0 bridgehead atoms. The number of benzene rings is 6. The van der Waals surface area contributed by atoms with E-state index in [-0.39, 0.29) is 0 Å². The molecule has 6 aromatic carbocycles. The van der Waals surface area contributed by atoms with Gasteiger partial charge in [0.05, 0.1) is 11.1 Å². The van der Waals surface area contributed by atoms with E-state index < -0.39 is 11.5 Å². The second-order valence-electron chi connectivity index (χ2n) is 13.9. The number of nitrogens with zero attached hydrogens (tertiary/aromatic N) is 5. The number of hydrogen-bond acceptors (Lipinski definition) is 5. The van der Waals surface area contributed by atoms with Crippen molar-refractivity contribution < 1.29 is 9.90 Å². The van der Waals surface area contributed by atoms with Crippen molar-refractivity contribution in [2.75, 3.05) is 0 Å². The van der Waals surface area contributed by atoms with Gasteiger partial charge in [0, 0.05) is 16.6 Å².